The lowest BCUT2D eigenvalue weighted by Gasteiger charge is -2.05. The van der Waals surface area contributed by atoms with Crippen LogP contribution < -0.4 is 10.1 Å². The van der Waals surface area contributed by atoms with Crippen molar-refractivity contribution in [2.24, 2.45) is 0 Å². The minimum absolute atomic E-state index is 0.0526. The number of nitrogens with zero attached hydrogens (tertiary/aromatic N) is 2. The van der Waals surface area contributed by atoms with Gasteiger partial charge < -0.3 is 10.1 Å². The quantitative estimate of drug-likeness (QED) is 0.643. The highest BCUT2D eigenvalue weighted by molar-refractivity contribution is 7.19. The molecule has 1 amide bonds. The molecule has 0 atom stereocenters. The summed E-state index contributed by atoms with van der Waals surface area (Å²) in [6.07, 6.45) is 4.58. The molecule has 0 saturated carbocycles. The number of amides is 1. The van der Waals surface area contributed by atoms with E-state index >= 15 is 0 Å². The van der Waals surface area contributed by atoms with Crippen LogP contribution >= 0.6 is 11.3 Å². The van der Waals surface area contributed by atoms with Gasteiger partial charge in [-0.05, 0) is 31.5 Å². The first-order valence-corrected chi connectivity index (χ1v) is 8.89. The summed E-state index contributed by atoms with van der Waals surface area (Å²) in [7, 11) is 0. The van der Waals surface area contributed by atoms with E-state index < -0.39 is 0 Å². The van der Waals surface area contributed by atoms with Crippen molar-refractivity contribution in [1.29, 1.82) is 0 Å². The monoisotopic (exact) mass is 353 g/mol. The molecule has 1 N–H and O–H groups in total. The lowest BCUT2D eigenvalue weighted by molar-refractivity contribution is -0.116. The highest BCUT2D eigenvalue weighted by Gasteiger charge is 2.12. The smallest absolute Gasteiger partial charge is 0.226 e. The van der Waals surface area contributed by atoms with Crippen LogP contribution in [-0.2, 0) is 4.79 Å². The van der Waals surface area contributed by atoms with Crippen LogP contribution in [0.25, 0.3) is 10.4 Å². The summed E-state index contributed by atoms with van der Waals surface area (Å²) in [4.78, 5) is 21.6. The van der Waals surface area contributed by atoms with Gasteiger partial charge in [0.25, 0.3) is 0 Å². The summed E-state index contributed by atoms with van der Waals surface area (Å²) in [5, 5.41) is 3.48. The van der Waals surface area contributed by atoms with Gasteiger partial charge in [-0.2, -0.15) is 0 Å². The molecule has 0 bridgehead atoms. The number of rotatable bonds is 7. The fourth-order valence-corrected chi connectivity index (χ4v) is 3.31. The van der Waals surface area contributed by atoms with Gasteiger partial charge in [0.05, 0.1) is 17.2 Å². The zero-order valence-electron chi connectivity index (χ0n) is 13.9. The van der Waals surface area contributed by atoms with Gasteiger partial charge in [0.2, 0.25) is 5.91 Å². The molecule has 3 rings (SSSR count). The molecule has 0 aliphatic carbocycles. The number of para-hydroxylation sites is 1. The molecule has 0 aliphatic heterocycles. The zero-order valence-corrected chi connectivity index (χ0v) is 14.8. The molecule has 0 spiro atoms. The lowest BCUT2D eigenvalue weighted by Crippen LogP contribution is -2.12. The Kier molecular flexibility index (Phi) is 5.74. The van der Waals surface area contributed by atoms with Crippen LogP contribution in [0.3, 0.4) is 0 Å². The molecule has 3 aromatic rings. The molecule has 25 heavy (non-hydrogen) atoms. The summed E-state index contributed by atoms with van der Waals surface area (Å²) in [6.45, 7) is 2.44. The highest BCUT2D eigenvalue weighted by Crippen LogP contribution is 2.32. The SMILES string of the molecule is Cc1nc(NC(=O)CCCOc2ccccc2)sc1-c1cccnc1. The number of anilines is 1. The highest BCUT2D eigenvalue weighted by atomic mass is 32.1. The minimum atomic E-state index is -0.0526. The van der Waals surface area contributed by atoms with Gasteiger partial charge in [-0.25, -0.2) is 4.98 Å². The second kappa shape index (κ2) is 8.39. The largest absolute Gasteiger partial charge is 0.494 e. The third-order valence-corrected chi connectivity index (χ3v) is 4.65. The van der Waals surface area contributed by atoms with Gasteiger partial charge in [0, 0.05) is 24.4 Å². The van der Waals surface area contributed by atoms with E-state index in [1.54, 1.807) is 12.4 Å². The van der Waals surface area contributed by atoms with Crippen LogP contribution in [0.15, 0.2) is 54.9 Å². The van der Waals surface area contributed by atoms with Crippen molar-refractivity contribution in [3.05, 3.63) is 60.6 Å². The first kappa shape index (κ1) is 17.1. The molecular weight excluding hydrogens is 334 g/mol. The summed E-state index contributed by atoms with van der Waals surface area (Å²) >= 11 is 1.46. The molecule has 0 radical (unpaired) electrons. The summed E-state index contributed by atoms with van der Waals surface area (Å²) in [6, 6.07) is 13.5. The van der Waals surface area contributed by atoms with Crippen molar-refractivity contribution in [1.82, 2.24) is 9.97 Å². The Bertz CT molecular complexity index is 819. The van der Waals surface area contributed by atoms with E-state index in [9.17, 15) is 4.79 Å². The number of pyridine rings is 1. The van der Waals surface area contributed by atoms with Crippen molar-refractivity contribution in [2.45, 2.75) is 19.8 Å². The summed E-state index contributed by atoms with van der Waals surface area (Å²) < 4.78 is 5.59. The summed E-state index contributed by atoms with van der Waals surface area (Å²) in [5.74, 6) is 0.766. The molecule has 2 heterocycles. The second-order valence-electron chi connectivity index (χ2n) is 5.49. The number of aromatic nitrogens is 2. The fraction of sp³-hybridized carbons (Fsp3) is 0.211. The maximum Gasteiger partial charge on any atom is 0.226 e. The predicted octanol–water partition coefficient (Wildman–Crippen LogP) is 4.31. The molecule has 5 nitrogen and oxygen atoms in total. The number of aryl methyl sites for hydroxylation is 1. The number of carbonyl (C=O) groups excluding carboxylic acids is 1. The van der Waals surface area contributed by atoms with E-state index in [0.717, 1.165) is 21.9 Å². The number of ether oxygens (including phenoxy) is 1. The zero-order chi connectivity index (χ0) is 17.5. The second-order valence-corrected chi connectivity index (χ2v) is 6.49. The van der Waals surface area contributed by atoms with Gasteiger partial charge in [-0.1, -0.05) is 35.6 Å². The van der Waals surface area contributed by atoms with Gasteiger partial charge in [0.15, 0.2) is 5.13 Å². The first-order chi connectivity index (χ1) is 12.2. The molecule has 6 heteroatoms. The first-order valence-electron chi connectivity index (χ1n) is 8.08. The molecule has 128 valence electrons. The van der Waals surface area contributed by atoms with Gasteiger partial charge in [-0.3, -0.25) is 9.78 Å². The van der Waals surface area contributed by atoms with Crippen LogP contribution in [0.5, 0.6) is 5.75 Å². The van der Waals surface area contributed by atoms with E-state index in [4.69, 9.17) is 4.74 Å². The standard InChI is InChI=1S/C19H19N3O2S/c1-14-18(15-7-5-11-20-13-15)25-19(21-14)22-17(23)10-6-12-24-16-8-3-2-4-9-16/h2-5,7-9,11,13H,6,10,12H2,1H3,(H,21,22,23). The fourth-order valence-electron chi connectivity index (χ4n) is 2.34. The number of hydrogen-bond acceptors (Lipinski definition) is 5. The van der Waals surface area contributed by atoms with Crippen molar-refractivity contribution in [2.75, 3.05) is 11.9 Å². The lowest BCUT2D eigenvalue weighted by atomic mass is 10.2. The maximum atomic E-state index is 12.1. The van der Waals surface area contributed by atoms with Crippen LogP contribution in [0, 0.1) is 6.92 Å². The van der Waals surface area contributed by atoms with Gasteiger partial charge >= 0.3 is 0 Å². The van der Waals surface area contributed by atoms with Crippen molar-refractivity contribution in [3.8, 4) is 16.2 Å². The topological polar surface area (TPSA) is 64.1 Å². The normalized spacial score (nSPS) is 10.4. The van der Waals surface area contributed by atoms with E-state index in [0.29, 0.717) is 24.6 Å². The van der Waals surface area contributed by atoms with Crippen molar-refractivity contribution < 1.29 is 9.53 Å². The molecule has 0 fully saturated rings. The van der Waals surface area contributed by atoms with E-state index in [2.05, 4.69) is 15.3 Å². The Morgan fingerprint density at radius 3 is 2.80 bits per heavy atom. The average Bonchev–Trinajstić information content (AvgIpc) is 3.00. The van der Waals surface area contributed by atoms with Crippen LogP contribution in [-0.4, -0.2) is 22.5 Å². The Morgan fingerprint density at radius 1 is 1.20 bits per heavy atom. The molecule has 0 aliphatic rings. The van der Waals surface area contributed by atoms with Crippen LogP contribution in [0.2, 0.25) is 0 Å². The molecular formula is C19H19N3O2S. The van der Waals surface area contributed by atoms with E-state index in [1.165, 1.54) is 11.3 Å². The van der Waals surface area contributed by atoms with Crippen molar-refractivity contribution >= 4 is 22.4 Å². The van der Waals surface area contributed by atoms with Gasteiger partial charge in [-0.15, -0.1) is 0 Å². The average molecular weight is 353 g/mol. The third kappa shape index (κ3) is 4.87. The number of benzene rings is 1. The van der Waals surface area contributed by atoms with E-state index in [1.807, 2.05) is 49.4 Å². The maximum absolute atomic E-state index is 12.1. The Hall–Kier alpha value is -2.73. The number of carbonyl (C=O) groups is 1. The third-order valence-electron chi connectivity index (χ3n) is 3.53. The number of hydrogen-bond donors (Lipinski definition) is 1. The van der Waals surface area contributed by atoms with E-state index in [-0.39, 0.29) is 5.91 Å². The summed E-state index contributed by atoms with van der Waals surface area (Å²) in [5.41, 5.74) is 1.90. The molecule has 2 aromatic heterocycles. The Balaban J connectivity index is 1.48. The Morgan fingerprint density at radius 2 is 2.04 bits per heavy atom. The van der Waals surface area contributed by atoms with Crippen LogP contribution in [0.1, 0.15) is 18.5 Å². The van der Waals surface area contributed by atoms with Crippen LogP contribution in [0.4, 0.5) is 5.13 Å². The Labute approximate surface area is 150 Å². The molecule has 0 saturated heterocycles. The van der Waals surface area contributed by atoms with Gasteiger partial charge in [0.1, 0.15) is 5.75 Å². The number of nitrogens with one attached hydrogen (secondary N) is 1. The van der Waals surface area contributed by atoms with Crippen molar-refractivity contribution in [3.63, 3.8) is 0 Å². The molecule has 1 aromatic carbocycles. The molecule has 0 unspecified atom stereocenters. The number of thiazole rings is 1. The minimum Gasteiger partial charge on any atom is -0.494 e. The predicted molar refractivity (Wildman–Crippen MR) is 99.9 cm³/mol.